The summed E-state index contributed by atoms with van der Waals surface area (Å²) in [5, 5.41) is 3.12. The zero-order chi connectivity index (χ0) is 19.7. The fourth-order valence-electron chi connectivity index (χ4n) is 3.50. The summed E-state index contributed by atoms with van der Waals surface area (Å²) in [6.07, 6.45) is 5.61. The predicted octanol–water partition coefficient (Wildman–Crippen LogP) is 3.32. The van der Waals surface area contributed by atoms with Crippen LogP contribution in [0.2, 0.25) is 0 Å². The Balaban J connectivity index is 1.66. The van der Waals surface area contributed by atoms with Gasteiger partial charge in [-0.3, -0.25) is 14.3 Å². The molecule has 1 N–H and O–H groups in total. The quantitative estimate of drug-likeness (QED) is 0.735. The van der Waals surface area contributed by atoms with Crippen molar-refractivity contribution < 1.29 is 9.13 Å². The van der Waals surface area contributed by atoms with Crippen molar-refractivity contribution in [2.45, 2.75) is 33.4 Å². The Hall–Kier alpha value is -3.22. The highest BCUT2D eigenvalue weighted by molar-refractivity contribution is 5.61. The van der Waals surface area contributed by atoms with Crippen LogP contribution in [-0.2, 0) is 19.5 Å². The van der Waals surface area contributed by atoms with Crippen LogP contribution < -0.4 is 15.6 Å². The molecule has 0 saturated carbocycles. The topological polar surface area (TPSA) is 69.0 Å². The minimum absolute atomic E-state index is 0.158. The van der Waals surface area contributed by atoms with E-state index in [-0.39, 0.29) is 17.9 Å². The Morgan fingerprint density at radius 3 is 2.93 bits per heavy atom. The molecule has 0 bridgehead atoms. The lowest BCUT2D eigenvalue weighted by atomic mass is 10.0. The fourth-order valence-corrected chi connectivity index (χ4v) is 3.50. The Morgan fingerprint density at radius 2 is 2.14 bits per heavy atom. The molecule has 0 amide bonds. The Labute approximate surface area is 162 Å². The predicted molar refractivity (Wildman–Crippen MR) is 105 cm³/mol. The van der Waals surface area contributed by atoms with Gasteiger partial charge in [0, 0.05) is 54.8 Å². The lowest BCUT2D eigenvalue weighted by molar-refractivity contribution is 0.356. The molecule has 0 saturated heterocycles. The van der Waals surface area contributed by atoms with Crippen LogP contribution in [-0.4, -0.2) is 21.1 Å². The van der Waals surface area contributed by atoms with Crippen LogP contribution in [0.5, 0.6) is 5.75 Å². The molecular weight excluding hydrogens is 359 g/mol. The second-order valence-corrected chi connectivity index (χ2v) is 6.75. The van der Waals surface area contributed by atoms with Gasteiger partial charge in [-0.1, -0.05) is 0 Å². The summed E-state index contributed by atoms with van der Waals surface area (Å²) in [6.45, 7) is 5.04. The first-order chi connectivity index (χ1) is 13.6. The number of benzene rings is 1. The number of aryl methyl sites for hydroxylation is 1. The number of halogens is 1. The monoisotopic (exact) mass is 380 g/mol. The van der Waals surface area contributed by atoms with Crippen LogP contribution in [0.4, 0.5) is 10.3 Å². The minimum Gasteiger partial charge on any atom is -0.493 e. The number of nitrogens with zero attached hydrogens (tertiary/aromatic N) is 3. The van der Waals surface area contributed by atoms with E-state index in [2.05, 4.69) is 15.3 Å². The van der Waals surface area contributed by atoms with Crippen LogP contribution in [0, 0.1) is 12.7 Å². The molecule has 0 unspecified atom stereocenters. The average Bonchev–Trinajstić information content (AvgIpc) is 3.16. The van der Waals surface area contributed by atoms with Gasteiger partial charge in [0.05, 0.1) is 12.2 Å². The first kappa shape index (κ1) is 18.2. The standard InChI is InChI=1S/C21H21FN4O2/c1-3-26-20(27)16(14-8-13(2)9-23-10-14)11-24-21(26)25-12-17-15-6-7-28-19(15)5-4-18(17)22/h4-5,8-11H,3,6-7,12H2,1-2H3,(H,24,25). The third kappa shape index (κ3) is 3.24. The van der Waals surface area contributed by atoms with Crippen LogP contribution >= 0.6 is 0 Å². The summed E-state index contributed by atoms with van der Waals surface area (Å²) in [7, 11) is 0. The molecule has 0 radical (unpaired) electrons. The van der Waals surface area contributed by atoms with E-state index in [4.69, 9.17) is 4.74 Å². The molecule has 1 aromatic carbocycles. The molecule has 3 heterocycles. The largest absolute Gasteiger partial charge is 0.493 e. The second kappa shape index (κ2) is 7.42. The summed E-state index contributed by atoms with van der Waals surface area (Å²) in [6, 6.07) is 4.97. The maximum absolute atomic E-state index is 14.3. The fraction of sp³-hybridized carbons (Fsp3) is 0.286. The van der Waals surface area contributed by atoms with Gasteiger partial charge in [0.25, 0.3) is 5.56 Å². The zero-order valence-electron chi connectivity index (χ0n) is 15.8. The Bertz CT molecular complexity index is 1090. The molecule has 0 aliphatic carbocycles. The second-order valence-electron chi connectivity index (χ2n) is 6.75. The van der Waals surface area contributed by atoms with Gasteiger partial charge in [0.2, 0.25) is 5.95 Å². The number of anilines is 1. The van der Waals surface area contributed by atoms with Crippen molar-refractivity contribution in [3.8, 4) is 16.9 Å². The highest BCUT2D eigenvalue weighted by Crippen LogP contribution is 2.30. The van der Waals surface area contributed by atoms with Gasteiger partial charge in [0.1, 0.15) is 11.6 Å². The molecule has 1 aliphatic rings. The van der Waals surface area contributed by atoms with Crippen molar-refractivity contribution in [2.75, 3.05) is 11.9 Å². The molecular formula is C21H21FN4O2. The van der Waals surface area contributed by atoms with Crippen molar-refractivity contribution in [2.24, 2.45) is 0 Å². The molecule has 0 spiro atoms. The third-order valence-electron chi connectivity index (χ3n) is 4.91. The van der Waals surface area contributed by atoms with Crippen molar-refractivity contribution in [1.82, 2.24) is 14.5 Å². The molecule has 1 aliphatic heterocycles. The first-order valence-corrected chi connectivity index (χ1v) is 9.27. The lowest BCUT2D eigenvalue weighted by Crippen LogP contribution is -2.25. The summed E-state index contributed by atoms with van der Waals surface area (Å²) >= 11 is 0. The van der Waals surface area contributed by atoms with Crippen molar-refractivity contribution in [3.63, 3.8) is 0 Å². The number of hydrogen-bond acceptors (Lipinski definition) is 5. The lowest BCUT2D eigenvalue weighted by Gasteiger charge is -2.15. The molecule has 144 valence electrons. The van der Waals surface area contributed by atoms with E-state index in [1.807, 2.05) is 19.9 Å². The highest BCUT2D eigenvalue weighted by atomic mass is 19.1. The van der Waals surface area contributed by atoms with Gasteiger partial charge < -0.3 is 10.1 Å². The van der Waals surface area contributed by atoms with E-state index in [1.165, 1.54) is 6.07 Å². The van der Waals surface area contributed by atoms with Gasteiger partial charge in [-0.25, -0.2) is 9.37 Å². The van der Waals surface area contributed by atoms with Crippen LogP contribution in [0.3, 0.4) is 0 Å². The van der Waals surface area contributed by atoms with E-state index in [1.54, 1.807) is 29.2 Å². The number of aromatic nitrogens is 3. The summed E-state index contributed by atoms with van der Waals surface area (Å²) in [5.74, 6) is 0.846. The minimum atomic E-state index is -0.287. The molecule has 7 heteroatoms. The average molecular weight is 380 g/mol. The van der Waals surface area contributed by atoms with E-state index >= 15 is 0 Å². The van der Waals surface area contributed by atoms with Crippen LogP contribution in [0.25, 0.3) is 11.1 Å². The molecule has 0 fully saturated rings. The number of pyridine rings is 1. The van der Waals surface area contributed by atoms with Crippen LogP contribution in [0.1, 0.15) is 23.6 Å². The smallest absolute Gasteiger partial charge is 0.262 e. The van der Waals surface area contributed by atoms with Crippen molar-refractivity contribution in [1.29, 1.82) is 0 Å². The SMILES string of the molecule is CCn1c(NCc2c(F)ccc3c2CCO3)ncc(-c2cncc(C)c2)c1=O. The van der Waals surface area contributed by atoms with E-state index in [0.29, 0.717) is 36.6 Å². The van der Waals surface area contributed by atoms with Crippen molar-refractivity contribution >= 4 is 5.95 Å². The molecule has 28 heavy (non-hydrogen) atoms. The summed E-state index contributed by atoms with van der Waals surface area (Å²) in [5.41, 5.74) is 3.46. The van der Waals surface area contributed by atoms with Gasteiger partial charge in [-0.05, 0) is 37.6 Å². The van der Waals surface area contributed by atoms with Gasteiger partial charge in [-0.2, -0.15) is 0 Å². The number of ether oxygens (including phenoxy) is 1. The molecule has 6 nitrogen and oxygen atoms in total. The molecule has 3 aromatic rings. The van der Waals surface area contributed by atoms with Crippen LogP contribution in [0.15, 0.2) is 41.6 Å². The Morgan fingerprint density at radius 1 is 1.29 bits per heavy atom. The van der Waals surface area contributed by atoms with Gasteiger partial charge >= 0.3 is 0 Å². The van der Waals surface area contributed by atoms with E-state index in [0.717, 1.165) is 22.4 Å². The third-order valence-corrected chi connectivity index (χ3v) is 4.91. The van der Waals surface area contributed by atoms with Gasteiger partial charge in [0.15, 0.2) is 0 Å². The molecule has 4 rings (SSSR count). The van der Waals surface area contributed by atoms with E-state index < -0.39 is 0 Å². The molecule has 2 aromatic heterocycles. The number of fused-ring (bicyclic) bond motifs is 1. The Kier molecular flexibility index (Phi) is 4.81. The number of nitrogens with one attached hydrogen (secondary N) is 1. The first-order valence-electron chi connectivity index (χ1n) is 9.27. The maximum atomic E-state index is 14.3. The highest BCUT2D eigenvalue weighted by Gasteiger charge is 2.20. The molecule has 0 atom stereocenters. The normalized spacial score (nSPS) is 12.5. The van der Waals surface area contributed by atoms with Gasteiger partial charge in [-0.15, -0.1) is 0 Å². The zero-order valence-corrected chi connectivity index (χ0v) is 15.8. The summed E-state index contributed by atoms with van der Waals surface area (Å²) < 4.78 is 21.4. The number of hydrogen-bond donors (Lipinski definition) is 1. The number of rotatable bonds is 5. The maximum Gasteiger partial charge on any atom is 0.262 e. The van der Waals surface area contributed by atoms with E-state index in [9.17, 15) is 9.18 Å². The summed E-state index contributed by atoms with van der Waals surface area (Å²) in [4.78, 5) is 21.5. The van der Waals surface area contributed by atoms with Crippen molar-refractivity contribution in [3.05, 3.63) is 69.7 Å².